The first-order chi connectivity index (χ1) is 13.4. The van der Waals surface area contributed by atoms with Crippen LogP contribution in [0, 0.1) is 19.8 Å². The van der Waals surface area contributed by atoms with Crippen LogP contribution in [0.25, 0.3) is 0 Å². The average Bonchev–Trinajstić information content (AvgIpc) is 2.87. The fourth-order valence-electron chi connectivity index (χ4n) is 3.28. The van der Waals surface area contributed by atoms with Gasteiger partial charge < -0.3 is 16.0 Å². The topological polar surface area (TPSA) is 92.5 Å². The Kier molecular flexibility index (Phi) is 6.14. The zero-order chi connectivity index (χ0) is 20.3. The first-order valence-corrected chi connectivity index (χ1v) is 10.2. The Balaban J connectivity index is 1.75. The molecule has 0 radical (unpaired) electrons. The van der Waals surface area contributed by atoms with Gasteiger partial charge in [0.25, 0.3) is 5.91 Å². The first kappa shape index (κ1) is 20.1. The molecular weight excluding hydrogens is 374 g/mol. The van der Waals surface area contributed by atoms with Crippen LogP contribution < -0.4 is 11.1 Å². The van der Waals surface area contributed by atoms with E-state index in [0.29, 0.717) is 17.1 Å². The van der Waals surface area contributed by atoms with Gasteiger partial charge in [0.1, 0.15) is 11.5 Å². The third-order valence-corrected chi connectivity index (χ3v) is 6.32. The SMILES string of the molecule is Cc1sc(NC(=O)CN(Cc2ccccc2)C(=O)C2CCC2)c(C(N)=O)c1C. The van der Waals surface area contributed by atoms with Gasteiger partial charge in [-0.25, -0.2) is 0 Å². The fraction of sp³-hybridized carbons (Fsp3) is 0.381. The number of nitrogens with zero attached hydrogens (tertiary/aromatic N) is 1. The van der Waals surface area contributed by atoms with Crippen LogP contribution in [0.4, 0.5) is 5.00 Å². The van der Waals surface area contributed by atoms with E-state index in [1.165, 1.54) is 11.3 Å². The van der Waals surface area contributed by atoms with Gasteiger partial charge in [-0.2, -0.15) is 0 Å². The van der Waals surface area contributed by atoms with Gasteiger partial charge in [-0.3, -0.25) is 14.4 Å². The Labute approximate surface area is 168 Å². The van der Waals surface area contributed by atoms with Gasteiger partial charge in [0, 0.05) is 17.3 Å². The predicted octanol–water partition coefficient (Wildman–Crippen LogP) is 3.23. The molecule has 1 aromatic heterocycles. The van der Waals surface area contributed by atoms with E-state index in [9.17, 15) is 14.4 Å². The van der Waals surface area contributed by atoms with Crippen molar-refractivity contribution in [3.8, 4) is 0 Å². The molecule has 1 heterocycles. The molecule has 1 aromatic carbocycles. The second kappa shape index (κ2) is 8.56. The minimum atomic E-state index is -0.566. The van der Waals surface area contributed by atoms with Gasteiger partial charge in [-0.15, -0.1) is 11.3 Å². The number of nitrogens with one attached hydrogen (secondary N) is 1. The number of nitrogens with two attached hydrogens (primary N) is 1. The van der Waals surface area contributed by atoms with Crippen LogP contribution >= 0.6 is 11.3 Å². The molecule has 0 spiro atoms. The number of rotatable bonds is 7. The molecule has 2 aromatic rings. The molecule has 0 unspecified atom stereocenters. The van der Waals surface area contributed by atoms with E-state index >= 15 is 0 Å². The van der Waals surface area contributed by atoms with Crippen molar-refractivity contribution < 1.29 is 14.4 Å². The van der Waals surface area contributed by atoms with Crippen molar-refractivity contribution in [1.29, 1.82) is 0 Å². The lowest BCUT2D eigenvalue weighted by atomic mass is 9.84. The zero-order valence-corrected chi connectivity index (χ0v) is 17.0. The summed E-state index contributed by atoms with van der Waals surface area (Å²) in [6, 6.07) is 9.63. The van der Waals surface area contributed by atoms with E-state index in [1.54, 1.807) is 4.90 Å². The van der Waals surface area contributed by atoms with E-state index in [0.717, 1.165) is 35.3 Å². The van der Waals surface area contributed by atoms with Crippen molar-refractivity contribution in [2.75, 3.05) is 11.9 Å². The number of carbonyl (C=O) groups is 3. The second-order valence-corrected chi connectivity index (χ2v) is 8.43. The molecule has 0 bridgehead atoms. The third kappa shape index (κ3) is 4.42. The lowest BCUT2D eigenvalue weighted by Crippen LogP contribution is -2.42. The summed E-state index contributed by atoms with van der Waals surface area (Å²) in [7, 11) is 0. The summed E-state index contributed by atoms with van der Waals surface area (Å²) in [5.74, 6) is -0.876. The third-order valence-electron chi connectivity index (χ3n) is 5.20. The molecule has 6 nitrogen and oxygen atoms in total. The van der Waals surface area contributed by atoms with E-state index in [-0.39, 0.29) is 24.3 Å². The van der Waals surface area contributed by atoms with Crippen LogP contribution in [0.3, 0.4) is 0 Å². The molecule has 3 N–H and O–H groups in total. The second-order valence-electron chi connectivity index (χ2n) is 7.21. The van der Waals surface area contributed by atoms with Crippen molar-refractivity contribution in [3.05, 3.63) is 51.9 Å². The fourth-order valence-corrected chi connectivity index (χ4v) is 4.36. The number of amides is 3. The lowest BCUT2D eigenvalue weighted by molar-refractivity contribution is -0.141. The number of carbonyl (C=O) groups excluding carboxylic acids is 3. The number of benzene rings is 1. The summed E-state index contributed by atoms with van der Waals surface area (Å²) in [4.78, 5) is 39.8. The van der Waals surface area contributed by atoms with Crippen LogP contribution in [-0.4, -0.2) is 29.2 Å². The van der Waals surface area contributed by atoms with Crippen LogP contribution in [-0.2, 0) is 16.1 Å². The summed E-state index contributed by atoms with van der Waals surface area (Å²) in [6.07, 6.45) is 2.80. The minimum Gasteiger partial charge on any atom is -0.365 e. The first-order valence-electron chi connectivity index (χ1n) is 9.39. The summed E-state index contributed by atoms with van der Waals surface area (Å²) >= 11 is 1.32. The molecule has 0 aliphatic heterocycles. The Bertz CT molecular complexity index is 888. The van der Waals surface area contributed by atoms with Crippen LogP contribution in [0.5, 0.6) is 0 Å². The van der Waals surface area contributed by atoms with Gasteiger partial charge in [0.2, 0.25) is 11.8 Å². The zero-order valence-electron chi connectivity index (χ0n) is 16.2. The number of thiophene rings is 1. The van der Waals surface area contributed by atoms with Crippen molar-refractivity contribution in [2.24, 2.45) is 11.7 Å². The number of anilines is 1. The summed E-state index contributed by atoms with van der Waals surface area (Å²) in [5.41, 5.74) is 7.57. The van der Waals surface area contributed by atoms with Gasteiger partial charge in [-0.1, -0.05) is 36.8 Å². The standard InChI is InChI=1S/C21H25N3O3S/c1-13-14(2)28-20(18(13)19(22)26)23-17(25)12-24(21(27)16-9-6-10-16)11-15-7-4-3-5-8-15/h3-5,7-8,16H,6,9-12H2,1-2H3,(H2,22,26)(H,23,25). The predicted molar refractivity (Wildman–Crippen MR) is 110 cm³/mol. The Morgan fingerprint density at radius 1 is 1.18 bits per heavy atom. The van der Waals surface area contributed by atoms with E-state index in [2.05, 4.69) is 5.32 Å². The van der Waals surface area contributed by atoms with E-state index < -0.39 is 5.91 Å². The molecule has 148 valence electrons. The monoisotopic (exact) mass is 399 g/mol. The number of aryl methyl sites for hydroxylation is 1. The molecule has 3 amide bonds. The normalized spacial score (nSPS) is 13.6. The Morgan fingerprint density at radius 2 is 1.86 bits per heavy atom. The van der Waals surface area contributed by atoms with Gasteiger partial charge >= 0.3 is 0 Å². The number of primary amides is 1. The number of hydrogen-bond acceptors (Lipinski definition) is 4. The summed E-state index contributed by atoms with van der Waals surface area (Å²) < 4.78 is 0. The maximum atomic E-state index is 12.8. The Morgan fingerprint density at radius 3 is 2.43 bits per heavy atom. The summed E-state index contributed by atoms with van der Waals surface area (Å²) in [5, 5.41) is 3.23. The molecule has 28 heavy (non-hydrogen) atoms. The molecule has 1 aliphatic rings. The van der Waals surface area contributed by atoms with Gasteiger partial charge in [-0.05, 0) is 37.8 Å². The van der Waals surface area contributed by atoms with Crippen molar-refractivity contribution in [3.63, 3.8) is 0 Å². The number of hydrogen-bond donors (Lipinski definition) is 2. The highest BCUT2D eigenvalue weighted by atomic mass is 32.1. The highest BCUT2D eigenvalue weighted by molar-refractivity contribution is 7.16. The molecule has 7 heteroatoms. The molecule has 1 saturated carbocycles. The highest BCUT2D eigenvalue weighted by Gasteiger charge is 2.31. The van der Waals surface area contributed by atoms with Crippen LogP contribution in [0.2, 0.25) is 0 Å². The van der Waals surface area contributed by atoms with Crippen LogP contribution in [0.1, 0.15) is 45.6 Å². The van der Waals surface area contributed by atoms with Crippen molar-refractivity contribution in [2.45, 2.75) is 39.7 Å². The minimum absolute atomic E-state index is 0.00363. The molecule has 0 saturated heterocycles. The Hall–Kier alpha value is -2.67. The molecule has 1 aliphatic carbocycles. The van der Waals surface area contributed by atoms with E-state index in [1.807, 2.05) is 44.2 Å². The molecule has 0 atom stereocenters. The molecular formula is C21H25N3O3S. The quantitative estimate of drug-likeness (QED) is 0.749. The van der Waals surface area contributed by atoms with Crippen molar-refractivity contribution in [1.82, 2.24) is 4.90 Å². The maximum absolute atomic E-state index is 12.8. The smallest absolute Gasteiger partial charge is 0.251 e. The largest absolute Gasteiger partial charge is 0.365 e. The van der Waals surface area contributed by atoms with Crippen molar-refractivity contribution >= 4 is 34.1 Å². The van der Waals surface area contributed by atoms with E-state index in [4.69, 9.17) is 5.73 Å². The molecule has 3 rings (SSSR count). The molecule has 1 fully saturated rings. The average molecular weight is 400 g/mol. The van der Waals surface area contributed by atoms with Gasteiger partial charge in [0.15, 0.2) is 0 Å². The maximum Gasteiger partial charge on any atom is 0.251 e. The van der Waals surface area contributed by atoms with Crippen LogP contribution in [0.15, 0.2) is 30.3 Å². The summed E-state index contributed by atoms with van der Waals surface area (Å²) in [6.45, 7) is 4.01. The van der Waals surface area contributed by atoms with Gasteiger partial charge in [0.05, 0.1) is 5.56 Å². The highest BCUT2D eigenvalue weighted by Crippen LogP contribution is 2.32. The lowest BCUT2D eigenvalue weighted by Gasteiger charge is -2.31.